The number of nitrogens with one attached hydrogen (secondary N) is 2. The third-order valence-electron chi connectivity index (χ3n) is 2.12. The van der Waals surface area contributed by atoms with E-state index >= 15 is 0 Å². The summed E-state index contributed by atoms with van der Waals surface area (Å²) in [5, 5.41) is 22.6. The lowest BCUT2D eigenvalue weighted by Gasteiger charge is -2.06. The highest BCUT2D eigenvalue weighted by Gasteiger charge is 2.19. The van der Waals surface area contributed by atoms with Crippen molar-refractivity contribution in [3.63, 3.8) is 0 Å². The fourth-order valence-corrected chi connectivity index (χ4v) is 2.96. The molecule has 0 atom stereocenters. The number of carboxylic acid groups (broad SMARTS) is 2. The fraction of sp³-hybridized carbons (Fsp3) is 0. The monoisotopic (exact) mass is 378 g/mol. The van der Waals surface area contributed by atoms with Gasteiger partial charge in [0.15, 0.2) is 0 Å². The molecular weight excluding hydrogens is 368 g/mol. The van der Waals surface area contributed by atoms with Crippen LogP contribution >= 0.6 is 0 Å². The van der Waals surface area contributed by atoms with Crippen LogP contribution in [0, 0.1) is 0 Å². The van der Waals surface area contributed by atoms with Crippen LogP contribution in [0.25, 0.3) is 0 Å². The largest absolute Gasteiger partial charge is 0.477 e. The van der Waals surface area contributed by atoms with Gasteiger partial charge in [0, 0.05) is 0 Å². The van der Waals surface area contributed by atoms with E-state index in [-0.39, 0.29) is 0 Å². The summed E-state index contributed by atoms with van der Waals surface area (Å²) in [5.41, 5.74) is 0. The van der Waals surface area contributed by atoms with Gasteiger partial charge in [-0.05, 0) is 18.2 Å². The predicted octanol–water partition coefficient (Wildman–Crippen LogP) is -1.62. The Morgan fingerprint density at radius 1 is 0.875 bits per heavy atom. The average molecular weight is 378 g/mol. The van der Waals surface area contributed by atoms with Crippen molar-refractivity contribution < 1.29 is 36.6 Å². The first-order valence-corrected chi connectivity index (χ1v) is 8.67. The van der Waals surface area contributed by atoms with Gasteiger partial charge in [0.2, 0.25) is 0 Å². The van der Waals surface area contributed by atoms with Gasteiger partial charge in [-0.25, -0.2) is 9.59 Å². The molecule has 1 aromatic carbocycles. The fourth-order valence-electron chi connectivity index (χ4n) is 1.22. The van der Waals surface area contributed by atoms with E-state index in [2.05, 4.69) is 10.2 Å². The lowest BCUT2D eigenvalue weighted by atomic mass is 10.4. The first-order chi connectivity index (χ1) is 11.0. The average Bonchev–Trinajstić information content (AvgIpc) is 2.46. The molecule has 24 heavy (non-hydrogen) atoms. The van der Waals surface area contributed by atoms with Crippen molar-refractivity contribution in [1.29, 1.82) is 0 Å². The van der Waals surface area contributed by atoms with Gasteiger partial charge in [0.1, 0.15) is 12.4 Å². The minimum absolute atomic E-state index is 0.292. The van der Waals surface area contributed by atoms with Crippen molar-refractivity contribution in [3.8, 4) is 0 Å². The second kappa shape index (κ2) is 7.51. The molecule has 0 bridgehead atoms. The maximum absolute atomic E-state index is 11.9. The molecule has 0 spiro atoms. The molecule has 0 radical (unpaired) electrons. The molecular formula is C10H10N4O8S2. The van der Waals surface area contributed by atoms with E-state index in [0.717, 1.165) is 24.3 Å². The number of nitrogens with zero attached hydrogens (tertiary/aromatic N) is 2. The number of hydrogen-bond acceptors (Lipinski definition) is 8. The number of carbonyl (C=O) groups is 2. The van der Waals surface area contributed by atoms with E-state index < -0.39 is 41.8 Å². The van der Waals surface area contributed by atoms with E-state index in [0.29, 0.717) is 12.4 Å². The standard InChI is InChI=1S/C10H10N4O8S2/c15-9(16)5-11-13-23(19,20)7-2-1-3-8(4-7)24(21,22)14-12-6-10(17)18/h1-6,13-14H,(H,15,16)(H,17,18)/b11-5+,12-6+. The molecule has 0 aliphatic rings. The van der Waals surface area contributed by atoms with E-state index in [1.807, 2.05) is 0 Å². The third-order valence-corrected chi connectivity index (χ3v) is 4.56. The Balaban J connectivity index is 3.09. The van der Waals surface area contributed by atoms with Crippen molar-refractivity contribution >= 4 is 44.4 Å². The number of hydrogen-bond donors (Lipinski definition) is 4. The third kappa shape index (κ3) is 5.65. The Hall–Kier alpha value is -3.00. The highest BCUT2D eigenvalue weighted by molar-refractivity contribution is 7.90. The predicted molar refractivity (Wildman–Crippen MR) is 79.3 cm³/mol. The zero-order valence-electron chi connectivity index (χ0n) is 11.5. The Bertz CT molecular complexity index is 833. The van der Waals surface area contributed by atoms with Crippen molar-refractivity contribution in [3.05, 3.63) is 24.3 Å². The summed E-state index contributed by atoms with van der Waals surface area (Å²) in [7, 11) is -8.62. The topological polar surface area (TPSA) is 192 Å². The van der Waals surface area contributed by atoms with Gasteiger partial charge < -0.3 is 10.2 Å². The van der Waals surface area contributed by atoms with Crippen LogP contribution < -0.4 is 9.66 Å². The zero-order chi connectivity index (χ0) is 18.4. The van der Waals surface area contributed by atoms with Crippen LogP contribution in [0.3, 0.4) is 0 Å². The molecule has 0 unspecified atom stereocenters. The number of rotatable bonds is 8. The quantitative estimate of drug-likeness (QED) is 0.306. The van der Waals surface area contributed by atoms with E-state index in [1.54, 1.807) is 9.66 Å². The zero-order valence-corrected chi connectivity index (χ0v) is 13.2. The summed E-state index contributed by atoms with van der Waals surface area (Å²) in [5.74, 6) is -2.98. The van der Waals surface area contributed by atoms with Crippen molar-refractivity contribution in [1.82, 2.24) is 9.66 Å². The molecule has 0 aliphatic carbocycles. The lowest BCUT2D eigenvalue weighted by molar-refractivity contribution is -0.129. The Kier molecular flexibility index (Phi) is 5.96. The summed E-state index contributed by atoms with van der Waals surface area (Å²) in [4.78, 5) is 22.6. The highest BCUT2D eigenvalue weighted by atomic mass is 32.2. The maximum atomic E-state index is 11.9. The molecule has 0 saturated carbocycles. The minimum atomic E-state index is -4.31. The summed E-state index contributed by atoms with van der Waals surface area (Å²) in [6, 6.07) is 3.93. The van der Waals surface area contributed by atoms with Crippen LogP contribution in [-0.2, 0) is 29.6 Å². The van der Waals surface area contributed by atoms with Gasteiger partial charge in [-0.3, -0.25) is 0 Å². The van der Waals surface area contributed by atoms with Gasteiger partial charge in [-0.2, -0.15) is 36.7 Å². The van der Waals surface area contributed by atoms with Gasteiger partial charge in [0.25, 0.3) is 20.0 Å². The number of aliphatic carboxylic acids is 2. The van der Waals surface area contributed by atoms with Crippen LogP contribution in [0.15, 0.2) is 44.3 Å². The smallest absolute Gasteiger partial charge is 0.348 e. The number of sulfonamides is 2. The number of hydrazone groups is 2. The summed E-state index contributed by atoms with van der Waals surface area (Å²) in [6.07, 6.45) is 0.584. The molecule has 0 fully saturated rings. The Morgan fingerprint density at radius 2 is 1.25 bits per heavy atom. The molecule has 1 rings (SSSR count). The summed E-state index contributed by atoms with van der Waals surface area (Å²) in [6.45, 7) is 0. The van der Waals surface area contributed by atoms with E-state index in [9.17, 15) is 26.4 Å². The number of benzene rings is 1. The maximum Gasteiger partial charge on any atom is 0.348 e. The molecule has 0 aromatic heterocycles. The Morgan fingerprint density at radius 3 is 1.58 bits per heavy atom. The molecule has 0 amide bonds. The van der Waals surface area contributed by atoms with Crippen LogP contribution in [-0.4, -0.2) is 51.4 Å². The lowest BCUT2D eigenvalue weighted by Crippen LogP contribution is -2.22. The van der Waals surface area contributed by atoms with Crippen LogP contribution in [0.4, 0.5) is 0 Å². The molecule has 0 saturated heterocycles. The van der Waals surface area contributed by atoms with Crippen LogP contribution in [0.1, 0.15) is 0 Å². The normalized spacial score (nSPS) is 12.3. The number of carboxylic acids is 2. The second-order valence-electron chi connectivity index (χ2n) is 3.86. The van der Waals surface area contributed by atoms with Crippen molar-refractivity contribution in [2.45, 2.75) is 9.79 Å². The van der Waals surface area contributed by atoms with Gasteiger partial charge in [0.05, 0.1) is 9.79 Å². The molecule has 0 aliphatic heterocycles. The first-order valence-electron chi connectivity index (χ1n) is 5.70. The molecule has 0 heterocycles. The van der Waals surface area contributed by atoms with Gasteiger partial charge in [-0.15, -0.1) is 0 Å². The summed E-state index contributed by atoms with van der Waals surface area (Å²) < 4.78 is 47.4. The summed E-state index contributed by atoms with van der Waals surface area (Å²) >= 11 is 0. The Labute approximate surface area is 135 Å². The van der Waals surface area contributed by atoms with Crippen LogP contribution in [0.2, 0.25) is 0 Å². The SMILES string of the molecule is O=C(O)/C=N/NS(=O)(=O)c1cccc(S(=O)(=O)N/N=C/C(=O)O)c1. The molecule has 4 N–H and O–H groups in total. The molecule has 12 nitrogen and oxygen atoms in total. The van der Waals surface area contributed by atoms with Crippen molar-refractivity contribution in [2.75, 3.05) is 0 Å². The molecule has 1 aromatic rings. The minimum Gasteiger partial charge on any atom is -0.477 e. The first kappa shape index (κ1) is 19.0. The van der Waals surface area contributed by atoms with E-state index in [1.165, 1.54) is 0 Å². The molecule has 130 valence electrons. The van der Waals surface area contributed by atoms with Crippen molar-refractivity contribution in [2.24, 2.45) is 10.2 Å². The second-order valence-corrected chi connectivity index (χ2v) is 7.18. The van der Waals surface area contributed by atoms with Crippen LogP contribution in [0.5, 0.6) is 0 Å². The molecule has 14 heteroatoms. The van der Waals surface area contributed by atoms with Gasteiger partial charge in [-0.1, -0.05) is 6.07 Å². The van der Waals surface area contributed by atoms with E-state index in [4.69, 9.17) is 10.2 Å². The highest BCUT2D eigenvalue weighted by Crippen LogP contribution is 2.15. The van der Waals surface area contributed by atoms with Gasteiger partial charge >= 0.3 is 11.9 Å².